The second-order valence-electron chi connectivity index (χ2n) is 8.12. The van der Waals surface area contributed by atoms with Crippen LogP contribution in [0.2, 0.25) is 0 Å². The van der Waals surface area contributed by atoms with Crippen LogP contribution in [-0.4, -0.2) is 33.2 Å². The molecule has 2 aliphatic rings. The maximum absolute atomic E-state index is 4.98. The van der Waals surface area contributed by atoms with Gasteiger partial charge in [0.2, 0.25) is 5.36 Å². The van der Waals surface area contributed by atoms with E-state index in [1.54, 1.807) is 0 Å². The molecule has 0 amide bonds. The highest BCUT2D eigenvalue weighted by molar-refractivity contribution is 7.21. The number of rotatable bonds is 8. The van der Waals surface area contributed by atoms with Crippen molar-refractivity contribution in [1.82, 2.24) is 9.56 Å². The van der Waals surface area contributed by atoms with Gasteiger partial charge in [-0.05, 0) is 37.1 Å². The first-order chi connectivity index (χ1) is 13.5. The predicted octanol–water partition coefficient (Wildman–Crippen LogP) is 2.41. The lowest BCUT2D eigenvalue weighted by atomic mass is 10.0. The second kappa shape index (κ2) is 11.3. The lowest BCUT2D eigenvalue weighted by Crippen LogP contribution is -3.00. The summed E-state index contributed by atoms with van der Waals surface area (Å²) in [6, 6.07) is 11.2. The number of hydrogen-bond donors (Lipinski definition) is 0. The molecule has 0 unspecified atom stereocenters. The molecule has 0 atom stereocenters. The molecule has 29 heavy (non-hydrogen) atoms. The molecular formula is C24H34IN3S. The second-order valence-corrected chi connectivity index (χ2v) is 9.20. The number of hydrogen-bond acceptors (Lipinski definition) is 3. The van der Waals surface area contributed by atoms with E-state index in [2.05, 4.69) is 74.9 Å². The topological polar surface area (TPSA) is 19.1 Å². The molecule has 1 aliphatic carbocycles. The van der Waals surface area contributed by atoms with E-state index in [4.69, 9.17) is 4.98 Å². The Bertz CT molecular complexity index is 974. The van der Waals surface area contributed by atoms with Gasteiger partial charge in [-0.2, -0.15) is 0 Å². The number of halogens is 1. The summed E-state index contributed by atoms with van der Waals surface area (Å²) in [5, 5.41) is 1.34. The number of benzene rings is 2. The fourth-order valence-electron chi connectivity index (χ4n) is 3.69. The average molecular weight is 524 g/mol. The van der Waals surface area contributed by atoms with Gasteiger partial charge in [-0.1, -0.05) is 39.0 Å². The summed E-state index contributed by atoms with van der Waals surface area (Å²) in [5.74, 6) is 0. The molecule has 3 nitrogen and oxygen atoms in total. The van der Waals surface area contributed by atoms with Crippen LogP contribution in [0.25, 0.3) is 20.8 Å². The van der Waals surface area contributed by atoms with Gasteiger partial charge in [0, 0.05) is 31.4 Å². The smallest absolute Gasteiger partial charge is 0.204 e. The average Bonchev–Trinajstić information content (AvgIpc) is 2.67. The molecule has 0 saturated heterocycles. The molecule has 0 N–H and O–H groups in total. The molecule has 3 rings (SSSR count). The van der Waals surface area contributed by atoms with Gasteiger partial charge in [0.15, 0.2) is 0 Å². The summed E-state index contributed by atoms with van der Waals surface area (Å²) in [5.41, 5.74) is 4.86. The highest BCUT2D eigenvalue weighted by Gasteiger charge is 2.14. The van der Waals surface area contributed by atoms with Crippen LogP contribution >= 0.6 is 11.3 Å². The van der Waals surface area contributed by atoms with E-state index in [1.807, 2.05) is 11.3 Å². The van der Waals surface area contributed by atoms with Crippen molar-refractivity contribution in [3.63, 3.8) is 0 Å². The summed E-state index contributed by atoms with van der Waals surface area (Å²) in [6.45, 7) is 2.28. The Morgan fingerprint density at radius 3 is 2.38 bits per heavy atom. The van der Waals surface area contributed by atoms with Crippen molar-refractivity contribution in [2.24, 2.45) is 0 Å². The fraction of sp³-hybridized carbons (Fsp3) is 0.500. The van der Waals surface area contributed by atoms with Crippen molar-refractivity contribution >= 4 is 27.2 Å². The fourth-order valence-corrected chi connectivity index (χ4v) is 4.70. The van der Waals surface area contributed by atoms with Gasteiger partial charge in [0.1, 0.15) is 14.1 Å². The van der Waals surface area contributed by atoms with E-state index in [9.17, 15) is 0 Å². The lowest BCUT2D eigenvalue weighted by Gasteiger charge is -2.14. The van der Waals surface area contributed by atoms with E-state index in [0.29, 0.717) is 0 Å². The number of aryl methyl sites for hydroxylation is 1. The van der Waals surface area contributed by atoms with Crippen LogP contribution in [0.3, 0.4) is 0 Å². The maximum Gasteiger partial charge on any atom is 0.204 e. The van der Waals surface area contributed by atoms with Gasteiger partial charge in [0.05, 0.1) is 20.8 Å². The Morgan fingerprint density at radius 2 is 1.69 bits per heavy atom. The van der Waals surface area contributed by atoms with Gasteiger partial charge in [-0.3, -0.25) is 0 Å². The molecule has 0 bridgehead atoms. The zero-order chi connectivity index (χ0) is 20.1. The van der Waals surface area contributed by atoms with Gasteiger partial charge < -0.3 is 28.9 Å². The zero-order valence-electron chi connectivity index (χ0n) is 18.5. The van der Waals surface area contributed by atoms with Crippen LogP contribution in [0.15, 0.2) is 30.3 Å². The van der Waals surface area contributed by atoms with E-state index >= 15 is 0 Å². The van der Waals surface area contributed by atoms with Crippen LogP contribution in [-0.2, 0) is 6.42 Å². The first-order valence-electron chi connectivity index (χ1n) is 10.5. The van der Waals surface area contributed by atoms with E-state index in [1.165, 1.54) is 64.7 Å². The SMILES string of the molecule is CCCCCCCCc1cc2nc3ccc(N(C)C)cc3sc-2cc1=[N+](C)C.[I-]. The number of aromatic nitrogens is 1. The molecule has 1 heterocycles. The molecule has 0 saturated carbocycles. The predicted molar refractivity (Wildman–Crippen MR) is 125 cm³/mol. The minimum Gasteiger partial charge on any atom is -1.00 e. The molecule has 158 valence electrons. The van der Waals surface area contributed by atoms with Crippen molar-refractivity contribution in [1.29, 1.82) is 0 Å². The minimum atomic E-state index is 0. The molecule has 5 heteroatoms. The molecule has 1 aromatic carbocycles. The maximum atomic E-state index is 4.98. The zero-order valence-corrected chi connectivity index (χ0v) is 21.4. The first-order valence-corrected chi connectivity index (χ1v) is 11.4. The lowest BCUT2D eigenvalue weighted by molar-refractivity contribution is -0.00000592. The van der Waals surface area contributed by atoms with Crippen molar-refractivity contribution < 1.29 is 24.0 Å². The van der Waals surface area contributed by atoms with E-state index in [0.717, 1.165) is 17.6 Å². The first kappa shape index (κ1) is 24.1. The molecule has 0 radical (unpaired) electrons. The molecule has 0 spiro atoms. The highest BCUT2D eigenvalue weighted by atomic mass is 127. The third kappa shape index (κ3) is 6.14. The van der Waals surface area contributed by atoms with Crippen molar-refractivity contribution in [3.8, 4) is 10.6 Å². The van der Waals surface area contributed by atoms with Gasteiger partial charge in [-0.25, -0.2) is 9.56 Å². The summed E-state index contributed by atoms with van der Waals surface area (Å²) < 4.78 is 3.49. The Labute approximate surface area is 196 Å². The molecule has 0 aromatic heterocycles. The van der Waals surface area contributed by atoms with Crippen LogP contribution in [0.5, 0.6) is 0 Å². The van der Waals surface area contributed by atoms with Crippen LogP contribution in [0.4, 0.5) is 5.69 Å². The summed E-state index contributed by atoms with van der Waals surface area (Å²) in [6.07, 6.45) is 9.14. The van der Waals surface area contributed by atoms with Crippen LogP contribution < -0.4 is 38.8 Å². The standard InChI is InChI=1S/C24H34N3S.HI/c1-6-7-8-9-10-11-12-18-15-21-24(17-22(18)27(4)5)28-23-16-19(26(2)3)13-14-20(23)25-21;/h13-17H,6-12H2,1-5H3;1H/q+1;/p-1. The number of fused-ring (bicyclic) bond motifs is 2. The minimum absolute atomic E-state index is 0. The van der Waals surface area contributed by atoms with Crippen molar-refractivity contribution in [2.45, 2.75) is 51.9 Å². The van der Waals surface area contributed by atoms with Gasteiger partial charge >= 0.3 is 0 Å². The van der Waals surface area contributed by atoms with Crippen LogP contribution in [0, 0.1) is 0 Å². The summed E-state index contributed by atoms with van der Waals surface area (Å²) >= 11 is 1.84. The van der Waals surface area contributed by atoms with Crippen molar-refractivity contribution in [3.05, 3.63) is 41.3 Å². The van der Waals surface area contributed by atoms with Gasteiger partial charge in [-0.15, -0.1) is 11.3 Å². The van der Waals surface area contributed by atoms with Crippen molar-refractivity contribution in [2.75, 3.05) is 33.1 Å². The third-order valence-electron chi connectivity index (χ3n) is 5.36. The molecule has 1 aliphatic heterocycles. The normalized spacial score (nSPS) is 10.9. The Balaban J connectivity index is 0.00000300. The molecular weight excluding hydrogens is 489 g/mol. The van der Waals surface area contributed by atoms with Gasteiger partial charge in [0.25, 0.3) is 0 Å². The van der Waals surface area contributed by atoms with Crippen LogP contribution in [0.1, 0.15) is 51.0 Å². The largest absolute Gasteiger partial charge is 1.00 e. The third-order valence-corrected chi connectivity index (χ3v) is 6.46. The molecule has 0 fully saturated rings. The highest BCUT2D eigenvalue weighted by Crippen LogP contribution is 2.32. The monoisotopic (exact) mass is 523 g/mol. The van der Waals surface area contributed by atoms with E-state index in [-0.39, 0.29) is 24.0 Å². The summed E-state index contributed by atoms with van der Waals surface area (Å²) in [7, 11) is 8.46. The Hall–Kier alpha value is -1.21. The number of nitrogens with zero attached hydrogens (tertiary/aromatic N) is 3. The number of unbranched alkanes of at least 4 members (excludes halogenated alkanes) is 5. The Morgan fingerprint density at radius 1 is 0.966 bits per heavy atom. The molecule has 1 aromatic rings. The summed E-state index contributed by atoms with van der Waals surface area (Å²) in [4.78, 5) is 8.39. The Kier molecular flexibility index (Phi) is 9.34. The van der Waals surface area contributed by atoms with E-state index < -0.39 is 0 Å². The number of anilines is 1. The quantitative estimate of drug-likeness (QED) is 0.196.